The minimum absolute atomic E-state index is 0.162. The van der Waals surface area contributed by atoms with Gasteiger partial charge in [0.2, 0.25) is 5.91 Å². The van der Waals surface area contributed by atoms with Crippen LogP contribution in [0.15, 0.2) is 18.2 Å². The van der Waals surface area contributed by atoms with E-state index in [0.717, 1.165) is 38.1 Å². The molecule has 1 N–H and O–H groups in total. The third-order valence-corrected chi connectivity index (χ3v) is 4.09. The van der Waals surface area contributed by atoms with Crippen LogP contribution in [0.25, 0.3) is 0 Å². The van der Waals surface area contributed by atoms with Crippen molar-refractivity contribution in [2.75, 3.05) is 29.2 Å². The van der Waals surface area contributed by atoms with Gasteiger partial charge in [0.25, 0.3) is 0 Å². The van der Waals surface area contributed by atoms with Crippen molar-refractivity contribution in [3.63, 3.8) is 0 Å². The molecule has 1 heterocycles. The lowest BCUT2D eigenvalue weighted by Crippen LogP contribution is -2.33. The molecule has 0 aliphatic carbocycles. The molecular weight excluding hydrogens is 317 g/mol. The minimum atomic E-state index is -4.45. The molecule has 1 aromatic rings. The Bertz CT molecular complexity index is 540. The van der Waals surface area contributed by atoms with E-state index in [9.17, 15) is 18.0 Å². The lowest BCUT2D eigenvalue weighted by molar-refractivity contribution is -0.137. The molecule has 1 amide bonds. The highest BCUT2D eigenvalue weighted by molar-refractivity contribution is 6.29. The number of anilines is 2. The van der Waals surface area contributed by atoms with Gasteiger partial charge in [-0.3, -0.25) is 4.79 Å². The van der Waals surface area contributed by atoms with E-state index in [1.807, 2.05) is 4.90 Å². The zero-order valence-electron chi connectivity index (χ0n) is 12.2. The van der Waals surface area contributed by atoms with Gasteiger partial charge in [-0.15, -0.1) is 11.6 Å². The first kappa shape index (κ1) is 16.9. The second kappa shape index (κ2) is 6.77. The molecule has 1 aliphatic heterocycles. The molecule has 0 unspecified atom stereocenters. The Morgan fingerprint density at radius 2 is 2.00 bits per heavy atom. The predicted molar refractivity (Wildman–Crippen MR) is 81.4 cm³/mol. The van der Waals surface area contributed by atoms with Crippen molar-refractivity contribution in [1.82, 2.24) is 0 Å². The van der Waals surface area contributed by atoms with E-state index in [-0.39, 0.29) is 11.6 Å². The fourth-order valence-electron chi connectivity index (χ4n) is 2.52. The molecule has 1 saturated heterocycles. The quantitative estimate of drug-likeness (QED) is 0.843. The van der Waals surface area contributed by atoms with Gasteiger partial charge in [0.1, 0.15) is 5.88 Å². The smallest absolute Gasteiger partial charge is 0.370 e. The summed E-state index contributed by atoms with van der Waals surface area (Å²) in [6.07, 6.45) is -2.50. The molecule has 1 aliphatic rings. The van der Waals surface area contributed by atoms with Crippen LogP contribution in [0.2, 0.25) is 0 Å². The van der Waals surface area contributed by atoms with Gasteiger partial charge >= 0.3 is 6.18 Å². The first-order valence-electron chi connectivity index (χ1n) is 7.13. The Kier molecular flexibility index (Phi) is 5.21. The standard InChI is InChI=1S/C15H18ClF3N2O/c1-10-4-6-21(7-5-10)13-3-2-11(15(17,18)19)8-12(13)20-14(22)9-16/h2-3,8,10H,4-7,9H2,1H3,(H,20,22). The van der Waals surface area contributed by atoms with Gasteiger partial charge in [-0.1, -0.05) is 6.92 Å². The molecule has 122 valence electrons. The highest BCUT2D eigenvalue weighted by Crippen LogP contribution is 2.36. The Labute approximate surface area is 132 Å². The Morgan fingerprint density at radius 1 is 1.36 bits per heavy atom. The molecule has 1 aromatic carbocycles. The summed E-state index contributed by atoms with van der Waals surface area (Å²) in [5.41, 5.74) is -0.0140. The Hall–Kier alpha value is -1.43. The first-order chi connectivity index (χ1) is 10.3. The van der Waals surface area contributed by atoms with Crippen molar-refractivity contribution in [1.29, 1.82) is 0 Å². The van der Waals surface area contributed by atoms with Crippen LogP contribution in [0.3, 0.4) is 0 Å². The second-order valence-corrected chi connectivity index (χ2v) is 5.85. The Morgan fingerprint density at radius 3 is 2.55 bits per heavy atom. The number of alkyl halides is 4. The summed E-state index contributed by atoms with van der Waals surface area (Å²) < 4.78 is 38.6. The van der Waals surface area contributed by atoms with Crippen LogP contribution in [0.1, 0.15) is 25.3 Å². The second-order valence-electron chi connectivity index (χ2n) is 5.58. The van der Waals surface area contributed by atoms with Crippen LogP contribution < -0.4 is 10.2 Å². The van der Waals surface area contributed by atoms with E-state index >= 15 is 0 Å². The largest absolute Gasteiger partial charge is 0.416 e. The highest BCUT2D eigenvalue weighted by Gasteiger charge is 2.32. The minimum Gasteiger partial charge on any atom is -0.370 e. The molecule has 0 radical (unpaired) electrons. The molecular formula is C15H18ClF3N2O. The van der Waals surface area contributed by atoms with Crippen molar-refractivity contribution in [3.8, 4) is 0 Å². The van der Waals surface area contributed by atoms with Gasteiger partial charge in [-0.25, -0.2) is 0 Å². The van der Waals surface area contributed by atoms with Crippen LogP contribution in [0.5, 0.6) is 0 Å². The maximum Gasteiger partial charge on any atom is 0.416 e. The van der Waals surface area contributed by atoms with Gasteiger partial charge in [0, 0.05) is 13.1 Å². The van der Waals surface area contributed by atoms with Crippen LogP contribution in [-0.2, 0) is 11.0 Å². The summed E-state index contributed by atoms with van der Waals surface area (Å²) in [4.78, 5) is 13.5. The van der Waals surface area contributed by atoms with E-state index in [0.29, 0.717) is 11.6 Å². The summed E-state index contributed by atoms with van der Waals surface area (Å²) in [6.45, 7) is 3.67. The van der Waals surface area contributed by atoms with Crippen LogP contribution in [0, 0.1) is 5.92 Å². The zero-order valence-corrected chi connectivity index (χ0v) is 13.0. The summed E-state index contributed by atoms with van der Waals surface area (Å²) in [7, 11) is 0. The topological polar surface area (TPSA) is 32.3 Å². The van der Waals surface area contributed by atoms with E-state index in [1.54, 1.807) is 0 Å². The van der Waals surface area contributed by atoms with Crippen molar-refractivity contribution < 1.29 is 18.0 Å². The van der Waals surface area contributed by atoms with E-state index in [1.165, 1.54) is 6.07 Å². The number of halogens is 4. The zero-order chi connectivity index (χ0) is 16.3. The molecule has 2 rings (SSSR count). The average Bonchev–Trinajstić information content (AvgIpc) is 2.47. The average molecular weight is 335 g/mol. The van der Waals surface area contributed by atoms with Gasteiger partial charge in [-0.05, 0) is 37.0 Å². The summed E-state index contributed by atoms with van der Waals surface area (Å²) in [5.74, 6) is -0.216. The molecule has 3 nitrogen and oxygen atoms in total. The number of carbonyl (C=O) groups is 1. The van der Waals surface area contributed by atoms with E-state index in [4.69, 9.17) is 11.6 Å². The van der Waals surface area contributed by atoms with Crippen LogP contribution in [0.4, 0.5) is 24.5 Å². The third-order valence-electron chi connectivity index (χ3n) is 3.84. The highest BCUT2D eigenvalue weighted by atomic mass is 35.5. The number of carbonyl (C=O) groups excluding carboxylic acids is 1. The number of hydrogen-bond acceptors (Lipinski definition) is 2. The molecule has 0 bridgehead atoms. The number of amides is 1. The van der Waals surface area contributed by atoms with Crippen LogP contribution >= 0.6 is 11.6 Å². The fourth-order valence-corrected chi connectivity index (χ4v) is 2.59. The maximum atomic E-state index is 12.9. The summed E-state index contributed by atoms with van der Waals surface area (Å²) in [6, 6.07) is 3.43. The van der Waals surface area contributed by atoms with Gasteiger partial charge in [-0.2, -0.15) is 13.2 Å². The summed E-state index contributed by atoms with van der Waals surface area (Å²) >= 11 is 5.44. The first-order valence-corrected chi connectivity index (χ1v) is 7.66. The van der Waals surface area contributed by atoms with Gasteiger partial charge in [0.15, 0.2) is 0 Å². The Balaban J connectivity index is 2.33. The van der Waals surface area contributed by atoms with E-state index in [2.05, 4.69) is 12.2 Å². The third kappa shape index (κ3) is 4.06. The van der Waals surface area contributed by atoms with Crippen molar-refractivity contribution >= 4 is 28.9 Å². The number of nitrogens with zero attached hydrogens (tertiary/aromatic N) is 1. The number of nitrogens with one attached hydrogen (secondary N) is 1. The normalized spacial score (nSPS) is 16.7. The van der Waals surface area contributed by atoms with Crippen molar-refractivity contribution in [2.24, 2.45) is 5.92 Å². The predicted octanol–water partition coefficient (Wildman–Crippen LogP) is 4.12. The molecule has 7 heteroatoms. The molecule has 0 aromatic heterocycles. The van der Waals surface area contributed by atoms with Crippen molar-refractivity contribution in [2.45, 2.75) is 25.9 Å². The SMILES string of the molecule is CC1CCN(c2ccc(C(F)(F)F)cc2NC(=O)CCl)CC1. The molecule has 1 fully saturated rings. The number of hydrogen-bond donors (Lipinski definition) is 1. The number of piperidine rings is 1. The van der Waals surface area contributed by atoms with Crippen molar-refractivity contribution in [3.05, 3.63) is 23.8 Å². The van der Waals surface area contributed by atoms with Gasteiger partial charge in [0.05, 0.1) is 16.9 Å². The molecule has 0 atom stereocenters. The molecule has 22 heavy (non-hydrogen) atoms. The lowest BCUT2D eigenvalue weighted by atomic mass is 9.98. The number of benzene rings is 1. The van der Waals surface area contributed by atoms with Crippen LogP contribution in [-0.4, -0.2) is 24.9 Å². The number of rotatable bonds is 3. The maximum absolute atomic E-state index is 12.9. The molecule has 0 spiro atoms. The van der Waals surface area contributed by atoms with E-state index < -0.39 is 17.6 Å². The lowest BCUT2D eigenvalue weighted by Gasteiger charge is -2.33. The molecule has 0 saturated carbocycles. The monoisotopic (exact) mass is 334 g/mol. The van der Waals surface area contributed by atoms with Gasteiger partial charge < -0.3 is 10.2 Å². The fraction of sp³-hybridized carbons (Fsp3) is 0.533. The summed E-state index contributed by atoms with van der Waals surface area (Å²) in [5, 5.41) is 2.47.